The molecule has 2 heterocycles. The minimum absolute atomic E-state index is 0.135. The smallest absolute Gasteiger partial charge is 0.282 e. The standard InChI is InChI=1S/C18H24N4O3/c1-3-14-4-6-15(7-5-14)18-19-16(25-20-18)12-21(2)13-17(23)22-8-10-24-11-9-22/h4-7H,3,8-13H2,1-2H3/p+1. The second-order valence-electron chi connectivity index (χ2n) is 6.37. The highest BCUT2D eigenvalue weighted by molar-refractivity contribution is 5.77. The van der Waals surface area contributed by atoms with Crippen LogP contribution in [0.4, 0.5) is 0 Å². The van der Waals surface area contributed by atoms with E-state index in [9.17, 15) is 4.79 Å². The Morgan fingerprint density at radius 2 is 1.96 bits per heavy atom. The van der Waals surface area contributed by atoms with Gasteiger partial charge in [-0.15, -0.1) is 0 Å². The number of quaternary nitrogens is 1. The lowest BCUT2D eigenvalue weighted by Crippen LogP contribution is -3.09. The molecule has 1 amide bonds. The number of nitrogens with one attached hydrogen (secondary N) is 1. The first-order chi connectivity index (χ1) is 12.2. The number of amides is 1. The first kappa shape index (κ1) is 17.6. The fourth-order valence-electron chi connectivity index (χ4n) is 2.84. The van der Waals surface area contributed by atoms with E-state index in [4.69, 9.17) is 9.26 Å². The van der Waals surface area contributed by atoms with Crippen LogP contribution in [0, 0.1) is 0 Å². The number of nitrogens with zero attached hydrogens (tertiary/aromatic N) is 3. The van der Waals surface area contributed by atoms with Crippen molar-refractivity contribution in [2.45, 2.75) is 19.9 Å². The Hall–Kier alpha value is -2.25. The van der Waals surface area contributed by atoms with E-state index in [1.807, 2.05) is 24.1 Å². The van der Waals surface area contributed by atoms with Crippen LogP contribution < -0.4 is 4.90 Å². The number of ether oxygens (including phenoxy) is 1. The van der Waals surface area contributed by atoms with Gasteiger partial charge in [0.15, 0.2) is 13.1 Å². The monoisotopic (exact) mass is 345 g/mol. The van der Waals surface area contributed by atoms with Gasteiger partial charge in [-0.3, -0.25) is 4.79 Å². The Bertz CT molecular complexity index is 693. The molecular formula is C18H25N4O3+. The van der Waals surface area contributed by atoms with Crippen LogP contribution in [0.15, 0.2) is 28.8 Å². The fourth-order valence-corrected chi connectivity index (χ4v) is 2.84. The van der Waals surface area contributed by atoms with Crippen molar-refractivity contribution in [3.63, 3.8) is 0 Å². The van der Waals surface area contributed by atoms with Crippen molar-refractivity contribution in [1.29, 1.82) is 0 Å². The molecule has 7 heteroatoms. The van der Waals surface area contributed by atoms with Gasteiger partial charge < -0.3 is 19.1 Å². The lowest BCUT2D eigenvalue weighted by Gasteiger charge is -2.27. The molecule has 134 valence electrons. The number of aryl methyl sites for hydroxylation is 1. The highest BCUT2D eigenvalue weighted by atomic mass is 16.5. The Labute approximate surface area is 147 Å². The van der Waals surface area contributed by atoms with E-state index in [0.717, 1.165) is 16.9 Å². The van der Waals surface area contributed by atoms with Gasteiger partial charge >= 0.3 is 0 Å². The van der Waals surface area contributed by atoms with Crippen LogP contribution in [-0.4, -0.2) is 60.8 Å². The summed E-state index contributed by atoms with van der Waals surface area (Å²) >= 11 is 0. The molecule has 1 atom stereocenters. The lowest BCUT2D eigenvalue weighted by molar-refractivity contribution is -0.887. The SMILES string of the molecule is CCc1ccc(-c2noc(C[NH+](C)CC(=O)N3CCOCC3)n2)cc1. The molecule has 0 radical (unpaired) electrons. The van der Waals surface area contributed by atoms with Crippen LogP contribution in [0.25, 0.3) is 11.4 Å². The summed E-state index contributed by atoms with van der Waals surface area (Å²) in [4.78, 5) is 19.6. The van der Waals surface area contributed by atoms with Crippen molar-refractivity contribution >= 4 is 5.91 Å². The molecular weight excluding hydrogens is 320 g/mol. The van der Waals surface area contributed by atoms with Gasteiger partial charge in [0, 0.05) is 18.7 Å². The molecule has 1 fully saturated rings. The molecule has 0 bridgehead atoms. The number of rotatable bonds is 6. The molecule has 0 aliphatic carbocycles. The summed E-state index contributed by atoms with van der Waals surface area (Å²) in [5.41, 5.74) is 2.22. The minimum Gasteiger partial charge on any atom is -0.378 e. The third-order valence-corrected chi connectivity index (χ3v) is 4.36. The van der Waals surface area contributed by atoms with Gasteiger partial charge in [-0.25, -0.2) is 0 Å². The Morgan fingerprint density at radius 3 is 2.64 bits per heavy atom. The predicted octanol–water partition coefficient (Wildman–Crippen LogP) is 0.173. The average Bonchev–Trinajstić information content (AvgIpc) is 3.10. The van der Waals surface area contributed by atoms with Crippen LogP contribution in [0.1, 0.15) is 18.4 Å². The topological polar surface area (TPSA) is 72.9 Å². The third-order valence-electron chi connectivity index (χ3n) is 4.36. The molecule has 0 spiro atoms. The van der Waals surface area contributed by atoms with Gasteiger partial charge in [0.25, 0.3) is 11.8 Å². The molecule has 0 saturated carbocycles. The number of likely N-dealkylation sites (N-methyl/N-ethyl adjacent to an activating group) is 1. The van der Waals surface area contributed by atoms with Crippen molar-refractivity contribution in [2.24, 2.45) is 0 Å². The lowest BCUT2D eigenvalue weighted by atomic mass is 10.1. The molecule has 3 rings (SSSR count). The summed E-state index contributed by atoms with van der Waals surface area (Å²) in [6.07, 6.45) is 1.00. The molecule has 2 aromatic rings. The zero-order valence-corrected chi connectivity index (χ0v) is 14.8. The van der Waals surface area contributed by atoms with Crippen LogP contribution >= 0.6 is 0 Å². The average molecular weight is 345 g/mol. The Morgan fingerprint density at radius 1 is 1.24 bits per heavy atom. The quantitative estimate of drug-likeness (QED) is 0.808. The number of benzene rings is 1. The first-order valence-electron chi connectivity index (χ1n) is 8.74. The van der Waals surface area contributed by atoms with Gasteiger partial charge in [0.05, 0.1) is 20.3 Å². The van der Waals surface area contributed by atoms with Crippen molar-refractivity contribution in [3.05, 3.63) is 35.7 Å². The number of carbonyl (C=O) groups is 1. The zero-order chi connectivity index (χ0) is 17.6. The number of aromatic nitrogens is 2. The predicted molar refractivity (Wildman–Crippen MR) is 92.0 cm³/mol. The summed E-state index contributed by atoms with van der Waals surface area (Å²) in [6, 6.07) is 8.16. The number of hydrogen-bond donors (Lipinski definition) is 1. The van der Waals surface area contributed by atoms with Gasteiger partial charge in [0.2, 0.25) is 5.82 Å². The molecule has 1 aromatic carbocycles. The zero-order valence-electron chi connectivity index (χ0n) is 14.8. The maximum atomic E-state index is 12.3. The first-order valence-corrected chi connectivity index (χ1v) is 8.74. The molecule has 7 nitrogen and oxygen atoms in total. The molecule has 25 heavy (non-hydrogen) atoms. The van der Waals surface area contributed by atoms with Crippen LogP contribution in [0.5, 0.6) is 0 Å². The molecule has 1 aliphatic rings. The number of hydrogen-bond acceptors (Lipinski definition) is 5. The largest absolute Gasteiger partial charge is 0.378 e. The van der Waals surface area contributed by atoms with Crippen molar-refractivity contribution in [3.8, 4) is 11.4 Å². The maximum Gasteiger partial charge on any atom is 0.282 e. The summed E-state index contributed by atoms with van der Waals surface area (Å²) in [5.74, 6) is 1.27. The summed E-state index contributed by atoms with van der Waals surface area (Å²) in [5, 5.41) is 4.05. The van der Waals surface area contributed by atoms with Crippen LogP contribution in [0.2, 0.25) is 0 Å². The highest BCUT2D eigenvalue weighted by Crippen LogP contribution is 2.16. The van der Waals surface area contributed by atoms with Crippen molar-refractivity contribution in [1.82, 2.24) is 15.0 Å². The maximum absolute atomic E-state index is 12.3. The number of morpholine rings is 1. The van der Waals surface area contributed by atoms with Gasteiger partial charge in [0.1, 0.15) is 0 Å². The van der Waals surface area contributed by atoms with E-state index in [1.54, 1.807) is 0 Å². The molecule has 1 aromatic heterocycles. The van der Waals surface area contributed by atoms with E-state index < -0.39 is 0 Å². The van der Waals surface area contributed by atoms with Gasteiger partial charge in [-0.05, 0) is 12.0 Å². The summed E-state index contributed by atoms with van der Waals surface area (Å²) in [7, 11) is 1.96. The second-order valence-corrected chi connectivity index (χ2v) is 6.37. The molecule has 1 aliphatic heterocycles. The summed E-state index contributed by atoms with van der Waals surface area (Å²) < 4.78 is 10.6. The Balaban J connectivity index is 1.55. The Kier molecular flexibility index (Phi) is 5.78. The normalized spacial score (nSPS) is 16.0. The number of carbonyl (C=O) groups excluding carboxylic acids is 1. The van der Waals surface area contributed by atoms with E-state index in [1.165, 1.54) is 5.56 Å². The van der Waals surface area contributed by atoms with Crippen LogP contribution in [0.3, 0.4) is 0 Å². The summed E-state index contributed by atoms with van der Waals surface area (Å²) in [6.45, 7) is 5.63. The van der Waals surface area contributed by atoms with Gasteiger partial charge in [-0.1, -0.05) is 36.3 Å². The van der Waals surface area contributed by atoms with E-state index in [-0.39, 0.29) is 5.91 Å². The van der Waals surface area contributed by atoms with E-state index in [2.05, 4.69) is 29.2 Å². The van der Waals surface area contributed by atoms with Crippen LogP contribution in [-0.2, 0) is 22.5 Å². The molecule has 1 saturated heterocycles. The van der Waals surface area contributed by atoms with E-state index >= 15 is 0 Å². The second kappa shape index (κ2) is 8.22. The fraction of sp³-hybridized carbons (Fsp3) is 0.500. The van der Waals surface area contributed by atoms with Gasteiger partial charge in [-0.2, -0.15) is 4.98 Å². The van der Waals surface area contributed by atoms with Crippen molar-refractivity contribution < 1.29 is 19.0 Å². The van der Waals surface area contributed by atoms with E-state index in [0.29, 0.717) is 51.1 Å². The highest BCUT2D eigenvalue weighted by Gasteiger charge is 2.21. The third kappa shape index (κ3) is 4.64. The van der Waals surface area contributed by atoms with Crippen molar-refractivity contribution in [2.75, 3.05) is 39.9 Å². The molecule has 1 N–H and O–H groups in total. The molecule has 1 unspecified atom stereocenters. The minimum atomic E-state index is 0.135.